The molecule has 106 valence electrons. The van der Waals surface area contributed by atoms with Crippen LogP contribution in [0.1, 0.15) is 68.5 Å². The molecule has 1 saturated carbocycles. The molecule has 3 rings (SSSR count). The van der Waals surface area contributed by atoms with E-state index in [9.17, 15) is 0 Å². The van der Waals surface area contributed by atoms with E-state index in [1.54, 1.807) is 0 Å². The molecule has 0 amide bonds. The van der Waals surface area contributed by atoms with Crippen molar-refractivity contribution in [3.63, 3.8) is 0 Å². The largest absolute Gasteiger partial charge is 0.375 e. The molecule has 2 fully saturated rings. The Morgan fingerprint density at radius 3 is 2.84 bits per heavy atom. The standard InChI is InChI=1S/C14H23N3OS/c1-9(2)12-13(19-17-16-12)11(15)10-4-7-18-14(8-10)5-3-6-14/h9-11H,3-8,15H2,1-2H3. The van der Waals surface area contributed by atoms with Crippen LogP contribution in [0.4, 0.5) is 0 Å². The first-order valence-electron chi connectivity index (χ1n) is 7.33. The van der Waals surface area contributed by atoms with Crippen LogP contribution in [0.2, 0.25) is 0 Å². The summed E-state index contributed by atoms with van der Waals surface area (Å²) in [5.41, 5.74) is 7.78. The molecule has 1 aliphatic heterocycles. The summed E-state index contributed by atoms with van der Waals surface area (Å²) < 4.78 is 10.1. The van der Waals surface area contributed by atoms with Gasteiger partial charge in [-0.1, -0.05) is 18.3 Å². The van der Waals surface area contributed by atoms with Gasteiger partial charge in [0, 0.05) is 12.6 Å². The molecule has 5 heteroatoms. The average molecular weight is 281 g/mol. The molecular weight excluding hydrogens is 258 g/mol. The van der Waals surface area contributed by atoms with E-state index in [1.165, 1.54) is 35.7 Å². The molecule has 1 saturated heterocycles. The maximum absolute atomic E-state index is 6.53. The van der Waals surface area contributed by atoms with E-state index in [2.05, 4.69) is 23.4 Å². The van der Waals surface area contributed by atoms with Crippen molar-refractivity contribution in [1.29, 1.82) is 0 Å². The quantitative estimate of drug-likeness (QED) is 0.925. The molecule has 1 aromatic heterocycles. The average Bonchev–Trinajstić information content (AvgIpc) is 2.85. The SMILES string of the molecule is CC(C)c1nnsc1C(N)C1CCOC2(CCC2)C1. The molecule has 1 aliphatic carbocycles. The fraction of sp³-hybridized carbons (Fsp3) is 0.857. The number of ether oxygens (including phenoxy) is 1. The zero-order valence-electron chi connectivity index (χ0n) is 11.8. The summed E-state index contributed by atoms with van der Waals surface area (Å²) in [5, 5.41) is 4.26. The van der Waals surface area contributed by atoms with Crippen LogP contribution in [0, 0.1) is 5.92 Å². The predicted octanol–water partition coefficient (Wildman–Crippen LogP) is 3.01. The first-order chi connectivity index (χ1) is 9.11. The van der Waals surface area contributed by atoms with Crippen molar-refractivity contribution in [1.82, 2.24) is 9.59 Å². The Balaban J connectivity index is 1.75. The summed E-state index contributed by atoms with van der Waals surface area (Å²) in [7, 11) is 0. The number of rotatable bonds is 3. The number of hydrogen-bond donors (Lipinski definition) is 1. The molecule has 2 aliphatic rings. The zero-order valence-corrected chi connectivity index (χ0v) is 12.6. The summed E-state index contributed by atoms with van der Waals surface area (Å²) in [6.07, 6.45) is 5.92. The number of hydrogen-bond acceptors (Lipinski definition) is 5. The van der Waals surface area contributed by atoms with E-state index in [0.29, 0.717) is 11.8 Å². The minimum atomic E-state index is 0.0822. The molecule has 0 bridgehead atoms. The summed E-state index contributed by atoms with van der Waals surface area (Å²) in [6.45, 7) is 5.18. The Labute approximate surface area is 118 Å². The molecule has 2 N–H and O–H groups in total. The van der Waals surface area contributed by atoms with E-state index >= 15 is 0 Å². The second-order valence-electron chi connectivity index (χ2n) is 6.34. The maximum atomic E-state index is 6.53. The van der Waals surface area contributed by atoms with Gasteiger partial charge in [-0.3, -0.25) is 0 Å². The van der Waals surface area contributed by atoms with Crippen LogP contribution < -0.4 is 5.73 Å². The van der Waals surface area contributed by atoms with E-state index < -0.39 is 0 Å². The van der Waals surface area contributed by atoms with E-state index in [0.717, 1.165) is 25.1 Å². The molecule has 4 nitrogen and oxygen atoms in total. The van der Waals surface area contributed by atoms with Gasteiger partial charge >= 0.3 is 0 Å². The van der Waals surface area contributed by atoms with Gasteiger partial charge < -0.3 is 10.5 Å². The highest BCUT2D eigenvalue weighted by molar-refractivity contribution is 7.05. The van der Waals surface area contributed by atoms with Gasteiger partial charge in [0.25, 0.3) is 0 Å². The molecule has 19 heavy (non-hydrogen) atoms. The molecule has 2 unspecified atom stereocenters. The van der Waals surface area contributed by atoms with Crippen molar-refractivity contribution >= 4 is 11.5 Å². The first kappa shape index (κ1) is 13.5. The fourth-order valence-corrected chi connectivity index (χ4v) is 4.24. The monoisotopic (exact) mass is 281 g/mol. The lowest BCUT2D eigenvalue weighted by Gasteiger charge is -2.48. The van der Waals surface area contributed by atoms with Crippen molar-refractivity contribution in [2.24, 2.45) is 11.7 Å². The highest BCUT2D eigenvalue weighted by Gasteiger charge is 2.44. The predicted molar refractivity (Wildman–Crippen MR) is 76.2 cm³/mol. The normalized spacial score (nSPS) is 27.5. The highest BCUT2D eigenvalue weighted by Crippen LogP contribution is 2.47. The van der Waals surface area contributed by atoms with Crippen LogP contribution >= 0.6 is 11.5 Å². The fourth-order valence-electron chi connectivity index (χ4n) is 3.34. The van der Waals surface area contributed by atoms with Crippen LogP contribution in [0.5, 0.6) is 0 Å². The third kappa shape index (κ3) is 2.43. The van der Waals surface area contributed by atoms with Crippen LogP contribution in [0.15, 0.2) is 0 Å². The third-order valence-electron chi connectivity index (χ3n) is 4.69. The first-order valence-corrected chi connectivity index (χ1v) is 8.10. The second kappa shape index (κ2) is 5.11. The smallest absolute Gasteiger partial charge is 0.0829 e. The van der Waals surface area contributed by atoms with Gasteiger partial charge in [0.1, 0.15) is 0 Å². The Hall–Kier alpha value is -0.520. The van der Waals surface area contributed by atoms with Crippen molar-refractivity contribution in [3.8, 4) is 0 Å². The van der Waals surface area contributed by atoms with Gasteiger partial charge in [-0.2, -0.15) is 0 Å². The number of aromatic nitrogens is 2. The highest BCUT2D eigenvalue weighted by atomic mass is 32.1. The summed E-state index contributed by atoms with van der Waals surface area (Å²) in [5.74, 6) is 0.922. The van der Waals surface area contributed by atoms with Gasteiger partial charge in [0.05, 0.1) is 16.2 Å². The van der Waals surface area contributed by atoms with Crippen molar-refractivity contribution in [3.05, 3.63) is 10.6 Å². The van der Waals surface area contributed by atoms with Crippen LogP contribution in [0.3, 0.4) is 0 Å². The van der Waals surface area contributed by atoms with Crippen molar-refractivity contribution < 1.29 is 4.74 Å². The Morgan fingerprint density at radius 2 is 2.21 bits per heavy atom. The topological polar surface area (TPSA) is 61.0 Å². The van der Waals surface area contributed by atoms with Crippen molar-refractivity contribution in [2.75, 3.05) is 6.61 Å². The summed E-state index contributed by atoms with van der Waals surface area (Å²) in [4.78, 5) is 1.19. The lowest BCUT2D eigenvalue weighted by Crippen LogP contribution is -2.47. The maximum Gasteiger partial charge on any atom is 0.0829 e. The van der Waals surface area contributed by atoms with Gasteiger partial charge in [0.2, 0.25) is 0 Å². The van der Waals surface area contributed by atoms with Gasteiger partial charge in [0.15, 0.2) is 0 Å². The van der Waals surface area contributed by atoms with Gasteiger partial charge in [-0.05, 0) is 55.5 Å². The molecule has 2 atom stereocenters. The van der Waals surface area contributed by atoms with Crippen molar-refractivity contribution in [2.45, 2.75) is 63.5 Å². The Bertz CT molecular complexity index is 442. The summed E-state index contributed by atoms with van der Waals surface area (Å²) >= 11 is 1.48. The van der Waals surface area contributed by atoms with Crippen LogP contribution in [0.25, 0.3) is 0 Å². The summed E-state index contributed by atoms with van der Waals surface area (Å²) in [6, 6.07) is 0.0822. The molecule has 1 spiro atoms. The van der Waals surface area contributed by atoms with E-state index in [1.807, 2.05) is 0 Å². The zero-order chi connectivity index (χ0) is 13.5. The van der Waals surface area contributed by atoms with E-state index in [-0.39, 0.29) is 11.6 Å². The van der Waals surface area contributed by atoms with Gasteiger partial charge in [-0.25, -0.2) is 0 Å². The second-order valence-corrected chi connectivity index (χ2v) is 7.13. The number of nitrogens with zero attached hydrogens (tertiary/aromatic N) is 2. The molecule has 2 heterocycles. The van der Waals surface area contributed by atoms with Crippen LogP contribution in [-0.4, -0.2) is 21.8 Å². The van der Waals surface area contributed by atoms with Crippen LogP contribution in [-0.2, 0) is 4.74 Å². The lowest BCUT2D eigenvalue weighted by molar-refractivity contribution is -0.146. The van der Waals surface area contributed by atoms with E-state index in [4.69, 9.17) is 10.5 Å². The van der Waals surface area contributed by atoms with Gasteiger partial charge in [-0.15, -0.1) is 5.10 Å². The Kier molecular flexibility index (Phi) is 3.62. The minimum Gasteiger partial charge on any atom is -0.375 e. The molecule has 0 radical (unpaired) electrons. The minimum absolute atomic E-state index is 0.0822. The lowest BCUT2D eigenvalue weighted by atomic mass is 9.70. The number of nitrogens with two attached hydrogens (primary N) is 1. The molecule has 1 aromatic rings. The molecular formula is C14H23N3OS. The third-order valence-corrected chi connectivity index (χ3v) is 5.53. The molecule has 0 aromatic carbocycles. The Morgan fingerprint density at radius 1 is 1.42 bits per heavy atom.